The van der Waals surface area contributed by atoms with Crippen molar-refractivity contribution in [2.45, 2.75) is 70.1 Å². The van der Waals surface area contributed by atoms with Crippen LogP contribution in [-0.4, -0.2) is 60.8 Å². The number of halogens is 1. The maximum Gasteiger partial charge on any atom is 0.236 e. The van der Waals surface area contributed by atoms with E-state index in [-0.39, 0.29) is 6.42 Å². The normalized spacial score (nSPS) is 17.8. The Balaban J connectivity index is 1.44. The van der Waals surface area contributed by atoms with Gasteiger partial charge in [-0.15, -0.1) is 12.6 Å². The van der Waals surface area contributed by atoms with E-state index in [2.05, 4.69) is 22.8 Å². The van der Waals surface area contributed by atoms with Gasteiger partial charge >= 0.3 is 0 Å². The lowest BCUT2D eigenvalue weighted by Crippen LogP contribution is -2.47. The van der Waals surface area contributed by atoms with Crippen LogP contribution in [0.1, 0.15) is 56.6 Å². The van der Waals surface area contributed by atoms with Crippen molar-refractivity contribution >= 4 is 40.3 Å². The Bertz CT molecular complexity index is 1570. The van der Waals surface area contributed by atoms with E-state index in [1.807, 2.05) is 55.5 Å². The van der Waals surface area contributed by atoms with Crippen molar-refractivity contribution in [1.29, 1.82) is 0 Å². The van der Waals surface area contributed by atoms with Gasteiger partial charge in [0.15, 0.2) is 0 Å². The van der Waals surface area contributed by atoms with Gasteiger partial charge in [0.05, 0.1) is 19.8 Å². The first-order valence-electron chi connectivity index (χ1n) is 15.5. The van der Waals surface area contributed by atoms with Crippen molar-refractivity contribution < 1.29 is 28.2 Å². The average molecular weight is 636 g/mol. The number of nitrogens with one attached hydrogen (secondary N) is 1. The molecule has 1 aliphatic heterocycles. The van der Waals surface area contributed by atoms with Crippen LogP contribution in [-0.2, 0) is 27.3 Å². The van der Waals surface area contributed by atoms with Gasteiger partial charge in [-0.2, -0.15) is 0 Å². The van der Waals surface area contributed by atoms with E-state index in [9.17, 15) is 14.4 Å². The minimum Gasteiger partial charge on any atom is -0.496 e. The Hall–Kier alpha value is -3.63. The minimum absolute atomic E-state index is 0.186. The number of carbonyl (C=O) groups excluding carboxylic acids is 3. The summed E-state index contributed by atoms with van der Waals surface area (Å²) < 4.78 is 26.9. The molecule has 45 heavy (non-hydrogen) atoms. The summed E-state index contributed by atoms with van der Waals surface area (Å²) in [4.78, 5) is 39.5. The lowest BCUT2D eigenvalue weighted by atomic mass is 9.89. The highest BCUT2D eigenvalue weighted by Gasteiger charge is 2.55. The topological polar surface area (TPSA) is 111 Å². The first-order chi connectivity index (χ1) is 21.5. The highest BCUT2D eigenvalue weighted by Crippen LogP contribution is 2.46. The zero-order chi connectivity index (χ0) is 32.4. The summed E-state index contributed by atoms with van der Waals surface area (Å²) in [6.45, 7) is 4.10. The molecule has 5 rings (SSSR count). The third-order valence-electron chi connectivity index (χ3n) is 9.39. The molecule has 3 aromatic rings. The van der Waals surface area contributed by atoms with Gasteiger partial charge in [0, 0.05) is 26.1 Å². The number of amides is 2. The smallest absolute Gasteiger partial charge is 0.236 e. The molecule has 2 amide bonds. The number of likely N-dealkylation sites (tertiary alicyclic amines) is 1. The van der Waals surface area contributed by atoms with Crippen LogP contribution < -0.4 is 20.5 Å². The molecule has 10 heteroatoms. The van der Waals surface area contributed by atoms with E-state index < -0.39 is 34.1 Å². The molecule has 3 aromatic carbocycles. The molecule has 1 saturated heterocycles. The van der Waals surface area contributed by atoms with Crippen LogP contribution in [0, 0.1) is 5.41 Å². The fourth-order valence-corrected chi connectivity index (χ4v) is 6.74. The molecule has 0 aromatic heterocycles. The molecule has 2 aliphatic rings. The van der Waals surface area contributed by atoms with Gasteiger partial charge in [0.25, 0.3) is 0 Å². The van der Waals surface area contributed by atoms with Crippen LogP contribution in [0.15, 0.2) is 48.5 Å². The number of methoxy groups -OCH3 is 2. The van der Waals surface area contributed by atoms with Gasteiger partial charge < -0.3 is 20.5 Å². The second-order valence-corrected chi connectivity index (χ2v) is 12.8. The van der Waals surface area contributed by atoms with Gasteiger partial charge in [-0.3, -0.25) is 19.3 Å². The highest BCUT2D eigenvalue weighted by atomic mass is 32.1. The zero-order valence-corrected chi connectivity index (χ0v) is 27.1. The number of ether oxygens (including phenoxy) is 2. The average Bonchev–Trinajstić information content (AvgIpc) is 3.84. The second kappa shape index (κ2) is 13.4. The van der Waals surface area contributed by atoms with Crippen molar-refractivity contribution in [3.05, 3.63) is 59.7 Å². The highest BCUT2D eigenvalue weighted by molar-refractivity contribution is 7.96. The fourth-order valence-electron chi connectivity index (χ4n) is 6.59. The zero-order valence-electron chi connectivity index (χ0n) is 26.2. The number of thiol groups is 1. The number of hydrogen-bond acceptors (Lipinski definition) is 6. The Morgan fingerprint density at radius 2 is 1.62 bits per heavy atom. The van der Waals surface area contributed by atoms with Gasteiger partial charge in [-0.1, -0.05) is 49.7 Å². The SMILES string of the molecule is CCCC1(F)CCN(Cc2cc(OC)c(-c3cccc4c(C[C@H](NC(=O)C5(C(N)=O)CC5)C(=O)S)cccc34)c(OC)c2)CC1. The van der Waals surface area contributed by atoms with Crippen LogP contribution in [0.3, 0.4) is 0 Å². The van der Waals surface area contributed by atoms with Crippen LogP contribution in [0.25, 0.3) is 21.9 Å². The summed E-state index contributed by atoms with van der Waals surface area (Å²) in [7, 11) is 3.26. The summed E-state index contributed by atoms with van der Waals surface area (Å²) in [5.74, 6) is 0.0927. The van der Waals surface area contributed by atoms with Crippen LogP contribution in [0.2, 0.25) is 0 Å². The van der Waals surface area contributed by atoms with E-state index in [4.69, 9.17) is 15.2 Å². The second-order valence-electron chi connectivity index (χ2n) is 12.4. The van der Waals surface area contributed by atoms with Crippen LogP contribution in [0.4, 0.5) is 4.39 Å². The number of nitrogens with two attached hydrogens (primary N) is 1. The molecular weight excluding hydrogens is 593 g/mol. The number of piperidine rings is 1. The summed E-state index contributed by atoms with van der Waals surface area (Å²) >= 11 is 4.04. The first kappa shape index (κ1) is 32.8. The number of alkyl halides is 1. The minimum atomic E-state index is -1.24. The number of carbonyl (C=O) groups is 3. The summed E-state index contributed by atoms with van der Waals surface area (Å²) in [6.07, 6.45) is 3.48. The molecule has 8 nitrogen and oxygen atoms in total. The Kier molecular flexibility index (Phi) is 9.74. The Morgan fingerprint density at radius 1 is 1.00 bits per heavy atom. The summed E-state index contributed by atoms with van der Waals surface area (Å²) in [5, 5.41) is 4.02. The van der Waals surface area contributed by atoms with Gasteiger partial charge in [-0.25, -0.2) is 4.39 Å². The summed E-state index contributed by atoms with van der Waals surface area (Å²) in [5.41, 5.74) is 6.69. The Labute approximate surface area is 269 Å². The number of hydrogen-bond donors (Lipinski definition) is 3. The third-order valence-corrected chi connectivity index (χ3v) is 9.70. The number of primary amides is 1. The number of nitrogens with zero attached hydrogens (tertiary/aromatic N) is 1. The Morgan fingerprint density at radius 3 is 2.18 bits per heavy atom. The van der Waals surface area contributed by atoms with E-state index in [1.165, 1.54) is 0 Å². The van der Waals surface area contributed by atoms with Crippen molar-refractivity contribution in [2.75, 3.05) is 27.3 Å². The molecule has 1 aliphatic carbocycles. The van der Waals surface area contributed by atoms with Gasteiger partial charge in [-0.05, 0) is 71.7 Å². The van der Waals surface area contributed by atoms with E-state index in [1.54, 1.807) is 14.2 Å². The van der Waals surface area contributed by atoms with Crippen LogP contribution >= 0.6 is 12.6 Å². The molecule has 0 spiro atoms. The van der Waals surface area contributed by atoms with Crippen molar-refractivity contribution in [3.63, 3.8) is 0 Å². The molecule has 1 saturated carbocycles. The number of benzene rings is 3. The van der Waals surface area contributed by atoms with Crippen molar-refractivity contribution in [2.24, 2.45) is 11.1 Å². The molecular formula is C35H42FN3O5S. The molecule has 0 radical (unpaired) electrons. The lowest BCUT2D eigenvalue weighted by Gasteiger charge is -2.36. The van der Waals surface area contributed by atoms with Crippen molar-refractivity contribution in [1.82, 2.24) is 10.2 Å². The van der Waals surface area contributed by atoms with Crippen LogP contribution in [0.5, 0.6) is 11.5 Å². The maximum atomic E-state index is 15.0. The molecule has 1 atom stereocenters. The van der Waals surface area contributed by atoms with Gasteiger partial charge in [0.2, 0.25) is 16.9 Å². The number of fused-ring (bicyclic) bond motifs is 1. The molecule has 240 valence electrons. The predicted octanol–water partition coefficient (Wildman–Crippen LogP) is 5.38. The quantitative estimate of drug-likeness (QED) is 0.172. The van der Waals surface area contributed by atoms with Crippen molar-refractivity contribution in [3.8, 4) is 22.6 Å². The molecule has 0 bridgehead atoms. The monoisotopic (exact) mass is 635 g/mol. The number of rotatable bonds is 13. The lowest BCUT2D eigenvalue weighted by molar-refractivity contribution is -0.136. The molecule has 0 unspecified atom stereocenters. The standard InChI is InChI=1S/C35H42FN3O5S/c1-4-11-34(36)14-16-39(17-15-34)21-22-18-28(43-2)30(29(19-22)44-3)26-10-6-8-24-23(7-5-9-25(24)26)20-27(31(40)45)38-33(42)35(12-13-35)32(37)41/h5-10,18-19,27H,4,11-17,20-21H2,1-3H3,(H2,37,41)(H,38,42)(H,40,45)/t27-/m0/s1. The fraction of sp³-hybridized carbons (Fsp3) is 0.457. The largest absolute Gasteiger partial charge is 0.496 e. The van der Waals surface area contributed by atoms with E-state index in [0.29, 0.717) is 63.2 Å². The first-order valence-corrected chi connectivity index (χ1v) is 16.0. The molecule has 2 fully saturated rings. The molecule has 3 N–H and O–H groups in total. The van der Waals surface area contributed by atoms with E-state index >= 15 is 4.39 Å². The summed E-state index contributed by atoms with van der Waals surface area (Å²) in [6, 6.07) is 14.8. The maximum absolute atomic E-state index is 15.0. The third kappa shape index (κ3) is 6.82. The predicted molar refractivity (Wildman–Crippen MR) is 176 cm³/mol. The van der Waals surface area contributed by atoms with E-state index in [0.717, 1.165) is 39.4 Å². The molecule has 1 heterocycles. The van der Waals surface area contributed by atoms with Gasteiger partial charge in [0.1, 0.15) is 28.6 Å².